The lowest BCUT2D eigenvalue weighted by Gasteiger charge is -2.13. The van der Waals surface area contributed by atoms with Crippen LogP contribution < -0.4 is 10.6 Å². The first-order valence-electron chi connectivity index (χ1n) is 7.88. The molecule has 27 heavy (non-hydrogen) atoms. The van der Waals surface area contributed by atoms with E-state index in [0.717, 1.165) is 19.1 Å². The topological polar surface area (TPSA) is 93.7 Å². The van der Waals surface area contributed by atoms with Gasteiger partial charge in [0, 0.05) is 0 Å². The number of urea groups is 1. The lowest BCUT2D eigenvalue weighted by molar-refractivity contribution is -0.140. The maximum Gasteiger partial charge on any atom is 0.369 e. The van der Waals surface area contributed by atoms with Crippen LogP contribution in [0, 0.1) is 5.82 Å². The van der Waals surface area contributed by atoms with E-state index < -0.39 is 47.1 Å². The predicted molar refractivity (Wildman–Crippen MR) is 94.6 cm³/mol. The second-order valence-electron chi connectivity index (χ2n) is 5.50. The summed E-state index contributed by atoms with van der Waals surface area (Å²) in [6.45, 7) is 5.81. The molecule has 0 heterocycles. The number of amides is 2. The molecule has 10 heteroatoms. The van der Waals surface area contributed by atoms with E-state index in [1.807, 2.05) is 5.32 Å². The average molecular weight is 405 g/mol. The van der Waals surface area contributed by atoms with Gasteiger partial charge in [-0.2, -0.15) is 4.39 Å². The number of rotatable bonds is 6. The van der Waals surface area contributed by atoms with Gasteiger partial charge in [-0.25, -0.2) is 18.8 Å². The van der Waals surface area contributed by atoms with Crippen LogP contribution in [0.3, 0.4) is 0 Å². The lowest BCUT2D eigenvalue weighted by Crippen LogP contribution is -2.29. The van der Waals surface area contributed by atoms with Gasteiger partial charge in [0.1, 0.15) is 5.82 Å². The Morgan fingerprint density at radius 2 is 1.89 bits per heavy atom. The third-order valence-electron chi connectivity index (χ3n) is 2.95. The molecule has 0 saturated heterocycles. The number of anilines is 1. The fourth-order valence-corrected chi connectivity index (χ4v) is 2.03. The van der Waals surface area contributed by atoms with Gasteiger partial charge in [-0.15, -0.1) is 0 Å². The van der Waals surface area contributed by atoms with Crippen LogP contribution in [0.25, 0.3) is 0 Å². The number of nitrogens with one attached hydrogen (secondary N) is 2. The highest BCUT2D eigenvalue weighted by molar-refractivity contribution is 6.33. The van der Waals surface area contributed by atoms with Crippen molar-refractivity contribution >= 4 is 35.3 Å². The van der Waals surface area contributed by atoms with Gasteiger partial charge >= 0.3 is 18.0 Å². The van der Waals surface area contributed by atoms with Crippen molar-refractivity contribution in [2.75, 3.05) is 11.9 Å². The summed E-state index contributed by atoms with van der Waals surface area (Å²) in [6, 6.07) is 0.773. The van der Waals surface area contributed by atoms with Crippen molar-refractivity contribution in [3.8, 4) is 0 Å². The molecule has 1 aromatic rings. The Balaban J connectivity index is 2.98. The number of halogens is 3. The molecule has 1 aromatic carbocycles. The highest BCUT2D eigenvalue weighted by atomic mass is 35.5. The minimum absolute atomic E-state index is 0.0447. The molecule has 148 valence electrons. The third kappa shape index (κ3) is 6.52. The second kappa shape index (κ2) is 9.86. The zero-order valence-electron chi connectivity index (χ0n) is 15.1. The molecule has 0 fully saturated rings. The monoisotopic (exact) mass is 404 g/mol. The summed E-state index contributed by atoms with van der Waals surface area (Å²) >= 11 is 5.83. The number of carbonyl (C=O) groups excluding carboxylic acids is 3. The molecule has 0 saturated carbocycles. The Morgan fingerprint density at radius 3 is 2.44 bits per heavy atom. The van der Waals surface area contributed by atoms with E-state index in [1.54, 1.807) is 13.8 Å². The van der Waals surface area contributed by atoms with E-state index in [9.17, 15) is 23.2 Å². The van der Waals surface area contributed by atoms with Crippen molar-refractivity contribution in [1.29, 1.82) is 0 Å². The Kier molecular flexibility index (Phi) is 8.17. The van der Waals surface area contributed by atoms with Gasteiger partial charge in [-0.1, -0.05) is 11.6 Å². The van der Waals surface area contributed by atoms with Gasteiger partial charge in [0.2, 0.25) is 5.83 Å². The number of hydrogen-bond donors (Lipinski definition) is 2. The van der Waals surface area contributed by atoms with Crippen molar-refractivity contribution in [1.82, 2.24) is 5.32 Å². The highest BCUT2D eigenvalue weighted by Crippen LogP contribution is 2.25. The van der Waals surface area contributed by atoms with Crippen LogP contribution in [0.15, 0.2) is 23.7 Å². The van der Waals surface area contributed by atoms with E-state index in [4.69, 9.17) is 16.3 Å². The van der Waals surface area contributed by atoms with Gasteiger partial charge in [0.25, 0.3) is 0 Å². The van der Waals surface area contributed by atoms with Crippen LogP contribution in [-0.2, 0) is 14.3 Å². The Labute approximate surface area is 159 Å². The van der Waals surface area contributed by atoms with Crippen LogP contribution in [0.5, 0.6) is 0 Å². The Hall–Kier alpha value is -2.68. The number of allylic oxidation sites excluding steroid dienone is 1. The maximum atomic E-state index is 14.0. The molecule has 1 rings (SSSR count). The number of ether oxygens (including phenoxy) is 2. The molecular weight excluding hydrogens is 386 g/mol. The average Bonchev–Trinajstić information content (AvgIpc) is 2.55. The zero-order chi connectivity index (χ0) is 20.7. The third-order valence-corrected chi connectivity index (χ3v) is 3.27. The molecule has 2 N–H and O–H groups in total. The molecule has 0 unspecified atom stereocenters. The lowest BCUT2D eigenvalue weighted by atomic mass is 10.2. The van der Waals surface area contributed by atoms with E-state index in [-0.39, 0.29) is 17.2 Å². The standard InChI is InChI=1S/C17H19ClF2N2O5/c1-5-26-16(24)14(20)9(4)21-17(25)22-13-6-10(11(18)7-12(13)19)15(23)27-8(2)3/h6-8H,5H2,1-4H3,(H2,21,22,25). The summed E-state index contributed by atoms with van der Waals surface area (Å²) in [4.78, 5) is 35.1. The largest absolute Gasteiger partial charge is 0.461 e. The molecule has 0 atom stereocenters. The van der Waals surface area contributed by atoms with Crippen molar-refractivity contribution in [2.45, 2.75) is 33.8 Å². The number of carbonyl (C=O) groups is 3. The minimum Gasteiger partial charge on any atom is -0.461 e. The van der Waals surface area contributed by atoms with Gasteiger partial charge in [0.05, 0.1) is 34.7 Å². The predicted octanol–water partition coefficient (Wildman–Crippen LogP) is 3.93. The molecule has 0 spiro atoms. The molecule has 0 aromatic heterocycles. The van der Waals surface area contributed by atoms with Gasteiger partial charge in [-0.3, -0.25) is 0 Å². The number of hydrogen-bond acceptors (Lipinski definition) is 5. The zero-order valence-corrected chi connectivity index (χ0v) is 15.9. The summed E-state index contributed by atoms with van der Waals surface area (Å²) in [6.07, 6.45) is -0.433. The molecule has 7 nitrogen and oxygen atoms in total. The molecule has 2 amide bonds. The normalized spacial score (nSPS) is 11.6. The van der Waals surface area contributed by atoms with E-state index in [1.165, 1.54) is 6.92 Å². The van der Waals surface area contributed by atoms with Crippen LogP contribution in [0.4, 0.5) is 19.3 Å². The molecule has 0 aliphatic carbocycles. The van der Waals surface area contributed by atoms with Crippen molar-refractivity contribution < 1.29 is 32.6 Å². The summed E-state index contributed by atoms with van der Waals surface area (Å²) in [5.41, 5.74) is -0.983. The highest BCUT2D eigenvalue weighted by Gasteiger charge is 2.19. The van der Waals surface area contributed by atoms with E-state index >= 15 is 0 Å². The van der Waals surface area contributed by atoms with Crippen LogP contribution in [0.2, 0.25) is 5.02 Å². The first-order valence-corrected chi connectivity index (χ1v) is 8.26. The molecular formula is C17H19ClF2N2O5. The minimum atomic E-state index is -1.30. The van der Waals surface area contributed by atoms with Crippen molar-refractivity contribution in [3.05, 3.63) is 40.1 Å². The number of esters is 2. The van der Waals surface area contributed by atoms with E-state index in [0.29, 0.717) is 0 Å². The SMILES string of the molecule is CCOC(=O)C(F)=C(C)NC(=O)Nc1cc(C(=O)OC(C)C)c(Cl)cc1F. The maximum absolute atomic E-state index is 14.0. The first-order chi connectivity index (χ1) is 12.6. The molecule has 0 radical (unpaired) electrons. The Bertz CT molecular complexity index is 781. The molecule has 0 bridgehead atoms. The summed E-state index contributed by atoms with van der Waals surface area (Å²) in [7, 11) is 0. The van der Waals surface area contributed by atoms with Crippen LogP contribution in [0.1, 0.15) is 38.1 Å². The Morgan fingerprint density at radius 1 is 1.26 bits per heavy atom. The quantitative estimate of drug-likeness (QED) is 0.553. The fraction of sp³-hybridized carbons (Fsp3) is 0.353. The van der Waals surface area contributed by atoms with Crippen LogP contribution in [-0.4, -0.2) is 30.7 Å². The number of benzene rings is 1. The first kappa shape index (κ1) is 22.4. The smallest absolute Gasteiger partial charge is 0.369 e. The van der Waals surface area contributed by atoms with Crippen molar-refractivity contribution in [2.24, 2.45) is 0 Å². The molecule has 0 aliphatic rings. The summed E-state index contributed by atoms with van der Waals surface area (Å²) in [5.74, 6) is -4.27. The fourth-order valence-electron chi connectivity index (χ4n) is 1.81. The second-order valence-corrected chi connectivity index (χ2v) is 5.91. The summed E-state index contributed by atoms with van der Waals surface area (Å²) in [5, 5.41) is 3.93. The summed E-state index contributed by atoms with van der Waals surface area (Å²) < 4.78 is 37.2. The van der Waals surface area contributed by atoms with Gasteiger partial charge < -0.3 is 20.1 Å². The van der Waals surface area contributed by atoms with Gasteiger partial charge in [-0.05, 0) is 39.8 Å². The van der Waals surface area contributed by atoms with Crippen LogP contribution >= 0.6 is 11.6 Å². The molecule has 0 aliphatic heterocycles. The van der Waals surface area contributed by atoms with Gasteiger partial charge in [0.15, 0.2) is 0 Å². The van der Waals surface area contributed by atoms with Crippen molar-refractivity contribution in [3.63, 3.8) is 0 Å². The van der Waals surface area contributed by atoms with E-state index in [2.05, 4.69) is 10.1 Å².